The number of pyridine rings is 1. The second kappa shape index (κ2) is 10.5. The molecule has 0 aliphatic carbocycles. The van der Waals surface area contributed by atoms with Crippen molar-refractivity contribution in [2.45, 2.75) is 13.8 Å². The van der Waals surface area contributed by atoms with Crippen molar-refractivity contribution < 1.29 is 34.4 Å². The van der Waals surface area contributed by atoms with E-state index in [1.54, 1.807) is 0 Å². The first-order valence-electron chi connectivity index (χ1n) is 8.84. The van der Waals surface area contributed by atoms with Crippen LogP contribution in [0, 0.1) is 6.07 Å². The molecule has 0 spiro atoms. The van der Waals surface area contributed by atoms with Crippen molar-refractivity contribution in [1.29, 1.82) is 0 Å². The number of hydrogen-bond donors (Lipinski definition) is 1. The van der Waals surface area contributed by atoms with Gasteiger partial charge in [-0.3, -0.25) is 9.78 Å². The summed E-state index contributed by atoms with van der Waals surface area (Å²) in [5, 5.41) is 8.36. The largest absolute Gasteiger partial charge is 0.512 e. The normalized spacial score (nSPS) is 10.6. The van der Waals surface area contributed by atoms with Crippen LogP contribution in [-0.4, -0.2) is 15.9 Å². The summed E-state index contributed by atoms with van der Waals surface area (Å²) in [6.07, 6.45) is 1.17. The van der Waals surface area contributed by atoms with E-state index in [0.717, 1.165) is 33.7 Å². The molecule has 5 heteroatoms. The van der Waals surface area contributed by atoms with Crippen molar-refractivity contribution in [2.75, 3.05) is 0 Å². The number of rotatable bonds is 3. The van der Waals surface area contributed by atoms with Crippen molar-refractivity contribution in [1.82, 2.24) is 4.98 Å². The summed E-state index contributed by atoms with van der Waals surface area (Å²) in [6, 6.07) is 27.0. The number of nitrogens with zero attached hydrogens (tertiary/aromatic N) is 1. The van der Waals surface area contributed by atoms with Crippen molar-refractivity contribution in [3.8, 4) is 22.6 Å². The molecule has 0 fully saturated rings. The minimum atomic E-state index is -0.125. The molecule has 0 aliphatic heterocycles. The first-order valence-corrected chi connectivity index (χ1v) is 8.84. The maximum Gasteiger partial charge on any atom is 0.155 e. The summed E-state index contributed by atoms with van der Waals surface area (Å²) in [4.78, 5) is 14.7. The number of fused-ring (bicyclic) bond motifs is 1. The van der Waals surface area contributed by atoms with Gasteiger partial charge in [-0.2, -0.15) is 0 Å². The molecule has 1 N–H and O–H groups in total. The number of carbonyl (C=O) groups excluding carboxylic acids is 1. The van der Waals surface area contributed by atoms with Crippen molar-refractivity contribution >= 4 is 16.9 Å². The quantitative estimate of drug-likeness (QED) is 0.189. The Kier molecular flexibility index (Phi) is 8.08. The number of allylic oxidation sites excluding steroid dienone is 2. The fourth-order valence-electron chi connectivity index (χ4n) is 2.67. The van der Waals surface area contributed by atoms with Crippen molar-refractivity contribution in [2.24, 2.45) is 0 Å². The van der Waals surface area contributed by atoms with Gasteiger partial charge in [-0.25, -0.2) is 0 Å². The number of hydrogen-bond acceptors (Lipinski definition) is 4. The predicted molar refractivity (Wildman–Crippen MR) is 111 cm³/mol. The van der Waals surface area contributed by atoms with E-state index in [4.69, 9.17) is 9.52 Å². The summed E-state index contributed by atoms with van der Waals surface area (Å²) in [7, 11) is 0. The Morgan fingerprint density at radius 1 is 1.03 bits per heavy atom. The number of ketones is 1. The first-order chi connectivity index (χ1) is 13.5. The van der Waals surface area contributed by atoms with Gasteiger partial charge < -0.3 is 9.52 Å². The fraction of sp³-hybridized carbons (Fsp3) is 0.0833. The molecule has 2 heterocycles. The zero-order valence-corrected chi connectivity index (χ0v) is 18.4. The van der Waals surface area contributed by atoms with Gasteiger partial charge in [0.15, 0.2) is 11.4 Å². The molecule has 0 saturated carbocycles. The van der Waals surface area contributed by atoms with Crippen molar-refractivity contribution in [3.63, 3.8) is 0 Å². The van der Waals surface area contributed by atoms with Crippen molar-refractivity contribution in [3.05, 3.63) is 90.7 Å². The number of aromatic nitrogens is 1. The number of benzene rings is 2. The molecule has 0 bridgehead atoms. The fourth-order valence-corrected chi connectivity index (χ4v) is 2.67. The van der Waals surface area contributed by atoms with Crippen LogP contribution in [0.25, 0.3) is 33.7 Å². The first kappa shape index (κ1) is 22.3. The second-order valence-electron chi connectivity index (χ2n) is 6.23. The van der Waals surface area contributed by atoms with Gasteiger partial charge in [0.2, 0.25) is 0 Å². The topological polar surface area (TPSA) is 63.3 Å². The van der Waals surface area contributed by atoms with E-state index in [1.807, 2.05) is 72.8 Å². The van der Waals surface area contributed by atoms with Crippen LogP contribution < -0.4 is 0 Å². The average Bonchev–Trinajstić information content (AvgIpc) is 3.12. The summed E-state index contributed by atoms with van der Waals surface area (Å²) in [6.45, 7) is 2.85. The van der Waals surface area contributed by atoms with E-state index >= 15 is 0 Å². The molecule has 0 atom stereocenters. The third-order valence-electron chi connectivity index (χ3n) is 3.83. The Labute approximate surface area is 183 Å². The summed E-state index contributed by atoms with van der Waals surface area (Å²) < 4.78 is 5.87. The van der Waals surface area contributed by atoms with Gasteiger partial charge in [-0.15, -0.1) is 35.9 Å². The Hall–Kier alpha value is -3.01. The van der Waals surface area contributed by atoms with Gasteiger partial charge in [0, 0.05) is 37.8 Å². The summed E-state index contributed by atoms with van der Waals surface area (Å²) >= 11 is 0. The van der Waals surface area contributed by atoms with Crippen LogP contribution in [-0.2, 0) is 24.9 Å². The molecule has 0 aliphatic rings. The molecule has 0 unspecified atom stereocenters. The van der Waals surface area contributed by atoms with E-state index in [-0.39, 0.29) is 31.6 Å². The van der Waals surface area contributed by atoms with Gasteiger partial charge in [0.05, 0.1) is 11.3 Å². The van der Waals surface area contributed by atoms with E-state index in [2.05, 4.69) is 11.1 Å². The average molecular weight is 563 g/mol. The molecular formula is C24H20IrNO3-. The van der Waals surface area contributed by atoms with E-state index in [0.29, 0.717) is 0 Å². The van der Waals surface area contributed by atoms with Crippen LogP contribution in [0.3, 0.4) is 0 Å². The molecule has 0 amide bonds. The van der Waals surface area contributed by atoms with Gasteiger partial charge in [-0.05, 0) is 25.6 Å². The molecule has 29 heavy (non-hydrogen) atoms. The molecular weight excluding hydrogens is 542 g/mol. The zero-order valence-electron chi connectivity index (χ0n) is 16.0. The molecule has 149 valence electrons. The van der Waals surface area contributed by atoms with Crippen LogP contribution in [0.1, 0.15) is 13.8 Å². The number of carbonyl (C=O) groups is 1. The van der Waals surface area contributed by atoms with Crippen LogP contribution in [0.4, 0.5) is 0 Å². The number of aliphatic hydroxyl groups excluding tert-OH is 1. The van der Waals surface area contributed by atoms with Crippen LogP contribution in [0.5, 0.6) is 0 Å². The van der Waals surface area contributed by atoms with Gasteiger partial charge >= 0.3 is 0 Å². The summed E-state index contributed by atoms with van der Waals surface area (Å²) in [5.41, 5.74) is 4.62. The summed E-state index contributed by atoms with van der Waals surface area (Å²) in [5.74, 6) is 0.778. The molecule has 1 radical (unpaired) electrons. The molecule has 2 aromatic carbocycles. The Balaban J connectivity index is 0.000000327. The van der Waals surface area contributed by atoms with Crippen LogP contribution in [0.2, 0.25) is 0 Å². The smallest absolute Gasteiger partial charge is 0.155 e. The standard InChI is InChI=1S/C19H12NO.C5H8O2.Ir/c1-3-7-14(8-4-1)16-11-12-18-17(20-16)13-19(21-18)15-9-5-2-6-10-15;1-4(6)3-5(2)7;/h1-7,9-13H;3,6H,1-2H3;/q-1;;/b;4-3-;. The van der Waals surface area contributed by atoms with Gasteiger partial charge in [0.1, 0.15) is 5.76 Å². The monoisotopic (exact) mass is 563 g/mol. The molecule has 4 aromatic rings. The van der Waals surface area contributed by atoms with E-state index in [1.165, 1.54) is 19.9 Å². The van der Waals surface area contributed by atoms with E-state index < -0.39 is 0 Å². The minimum Gasteiger partial charge on any atom is -0.512 e. The number of furan rings is 1. The second-order valence-corrected chi connectivity index (χ2v) is 6.23. The predicted octanol–water partition coefficient (Wildman–Crippen LogP) is 6.00. The van der Waals surface area contributed by atoms with Crippen LogP contribution >= 0.6 is 0 Å². The Morgan fingerprint density at radius 2 is 1.76 bits per heavy atom. The maximum absolute atomic E-state index is 10.0. The molecule has 0 saturated heterocycles. The molecule has 2 aromatic heterocycles. The minimum absolute atomic E-state index is 0. The Bertz CT molecular complexity index is 1060. The van der Waals surface area contributed by atoms with E-state index in [9.17, 15) is 4.79 Å². The molecule has 4 nitrogen and oxygen atoms in total. The van der Waals surface area contributed by atoms with Gasteiger partial charge in [0.25, 0.3) is 0 Å². The Morgan fingerprint density at radius 3 is 2.34 bits per heavy atom. The third-order valence-corrected chi connectivity index (χ3v) is 3.83. The van der Waals surface area contributed by atoms with Crippen LogP contribution in [0.15, 0.2) is 89.0 Å². The molecule has 4 rings (SSSR count). The third kappa shape index (κ3) is 6.24. The number of aliphatic hydroxyl groups is 1. The maximum atomic E-state index is 10.0. The SMILES string of the molecule is CC(=O)/C=C(/C)O.[Ir].[c-]1ccccc1-c1ccc2oc(-c3ccccc3)cc2n1. The zero-order chi connectivity index (χ0) is 19.9. The van der Waals surface area contributed by atoms with Gasteiger partial charge in [-0.1, -0.05) is 36.4 Å².